The van der Waals surface area contributed by atoms with E-state index >= 15 is 0 Å². The summed E-state index contributed by atoms with van der Waals surface area (Å²) in [5, 5.41) is 3.26. The van der Waals surface area contributed by atoms with Crippen molar-refractivity contribution in [2.45, 2.75) is 38.5 Å². The Balaban J connectivity index is 0.00000288. The number of carbonyl (C=O) groups is 1. The summed E-state index contributed by atoms with van der Waals surface area (Å²) in [4.78, 5) is 11.8. The van der Waals surface area contributed by atoms with Crippen molar-refractivity contribution in [1.82, 2.24) is 10.0 Å². The summed E-state index contributed by atoms with van der Waals surface area (Å²) in [5.74, 6) is -0.290. The van der Waals surface area contributed by atoms with E-state index in [1.54, 1.807) is 6.92 Å². The molecule has 1 aromatic rings. The summed E-state index contributed by atoms with van der Waals surface area (Å²) >= 11 is 0. The van der Waals surface area contributed by atoms with Crippen molar-refractivity contribution < 1.29 is 22.4 Å². The zero-order valence-electron chi connectivity index (χ0n) is 14.4. The van der Waals surface area contributed by atoms with Gasteiger partial charge >= 0.3 is 5.97 Å². The van der Waals surface area contributed by atoms with Crippen molar-refractivity contribution in [2.75, 3.05) is 26.7 Å². The number of carbonyl (C=O) groups excluding carboxylic acids is 1. The first-order chi connectivity index (χ1) is 10.7. The van der Waals surface area contributed by atoms with Crippen LogP contribution in [0.1, 0.15) is 41.6 Å². The van der Waals surface area contributed by atoms with Crippen LogP contribution in [0.5, 0.6) is 0 Å². The summed E-state index contributed by atoms with van der Waals surface area (Å²) in [6.07, 6.45) is 1.78. The lowest BCUT2D eigenvalue weighted by Gasteiger charge is -2.34. The Morgan fingerprint density at radius 2 is 1.88 bits per heavy atom. The standard InChI is InChI=1S/C15H24N2O5S.ClH/c1-10-12(14(18)21-4)13(11(2)22-10)23(19,20)17-9-15(3)5-7-16-8-6-15;/h16-17H,5-9H2,1-4H3;1H. The second-order valence-corrected chi connectivity index (χ2v) is 8.00. The Morgan fingerprint density at radius 3 is 2.42 bits per heavy atom. The van der Waals surface area contributed by atoms with Crippen molar-refractivity contribution in [2.24, 2.45) is 5.41 Å². The van der Waals surface area contributed by atoms with E-state index in [2.05, 4.69) is 21.7 Å². The van der Waals surface area contributed by atoms with Gasteiger partial charge in [-0.2, -0.15) is 0 Å². The van der Waals surface area contributed by atoms with Crippen LogP contribution in [0.25, 0.3) is 0 Å². The fourth-order valence-electron chi connectivity index (χ4n) is 2.87. The number of halogens is 1. The summed E-state index contributed by atoms with van der Waals surface area (Å²) in [5.41, 5.74) is -0.135. The van der Waals surface area contributed by atoms with Crippen LogP contribution in [0.2, 0.25) is 0 Å². The van der Waals surface area contributed by atoms with Gasteiger partial charge in [0.05, 0.1) is 7.11 Å². The van der Waals surface area contributed by atoms with Crippen molar-refractivity contribution in [3.63, 3.8) is 0 Å². The molecule has 7 nitrogen and oxygen atoms in total. The molecule has 0 aliphatic carbocycles. The van der Waals surface area contributed by atoms with E-state index < -0.39 is 16.0 Å². The van der Waals surface area contributed by atoms with Gasteiger partial charge in [0.1, 0.15) is 22.0 Å². The monoisotopic (exact) mass is 380 g/mol. The molecule has 9 heteroatoms. The van der Waals surface area contributed by atoms with E-state index in [1.165, 1.54) is 14.0 Å². The van der Waals surface area contributed by atoms with Crippen molar-refractivity contribution in [3.05, 3.63) is 17.1 Å². The van der Waals surface area contributed by atoms with Crippen LogP contribution in [0.15, 0.2) is 9.31 Å². The highest BCUT2D eigenvalue weighted by molar-refractivity contribution is 7.89. The molecule has 2 heterocycles. The van der Waals surface area contributed by atoms with Gasteiger partial charge in [0.25, 0.3) is 0 Å². The molecule has 1 aromatic heterocycles. The van der Waals surface area contributed by atoms with Gasteiger partial charge in [0.2, 0.25) is 10.0 Å². The van der Waals surface area contributed by atoms with Gasteiger partial charge in [0.15, 0.2) is 0 Å². The topological polar surface area (TPSA) is 97.6 Å². The van der Waals surface area contributed by atoms with Crippen LogP contribution in [0, 0.1) is 19.3 Å². The molecule has 1 aliphatic heterocycles. The molecule has 24 heavy (non-hydrogen) atoms. The van der Waals surface area contributed by atoms with Gasteiger partial charge in [0, 0.05) is 6.54 Å². The highest BCUT2D eigenvalue weighted by Crippen LogP contribution is 2.30. The van der Waals surface area contributed by atoms with E-state index in [0.29, 0.717) is 6.54 Å². The van der Waals surface area contributed by atoms with E-state index in [9.17, 15) is 13.2 Å². The third-order valence-corrected chi connectivity index (χ3v) is 5.92. The minimum Gasteiger partial charge on any atom is -0.465 e. The van der Waals surface area contributed by atoms with E-state index in [1.807, 2.05) is 0 Å². The normalized spacial score (nSPS) is 17.2. The molecule has 0 unspecified atom stereocenters. The molecule has 0 atom stereocenters. The molecule has 0 aromatic carbocycles. The van der Waals surface area contributed by atoms with Gasteiger partial charge < -0.3 is 14.5 Å². The predicted molar refractivity (Wildman–Crippen MR) is 92.2 cm³/mol. The smallest absolute Gasteiger partial charge is 0.342 e. The van der Waals surface area contributed by atoms with E-state index in [4.69, 9.17) is 4.42 Å². The Kier molecular flexibility index (Phi) is 6.86. The molecule has 0 radical (unpaired) electrons. The van der Waals surface area contributed by atoms with Gasteiger partial charge in [-0.1, -0.05) is 6.92 Å². The van der Waals surface area contributed by atoms with Gasteiger partial charge in [-0.3, -0.25) is 0 Å². The molecule has 2 N–H and O–H groups in total. The lowest BCUT2D eigenvalue weighted by Crippen LogP contribution is -2.43. The number of methoxy groups -OCH3 is 1. The maximum Gasteiger partial charge on any atom is 0.342 e. The Bertz CT molecular complexity index is 693. The van der Waals surface area contributed by atoms with Crippen LogP contribution in [-0.2, 0) is 14.8 Å². The summed E-state index contributed by atoms with van der Waals surface area (Å²) in [6, 6.07) is 0. The lowest BCUT2D eigenvalue weighted by molar-refractivity contribution is 0.0595. The highest BCUT2D eigenvalue weighted by atomic mass is 35.5. The van der Waals surface area contributed by atoms with E-state index in [0.717, 1.165) is 25.9 Å². The molecule has 1 fully saturated rings. The second kappa shape index (κ2) is 7.86. The third-order valence-electron chi connectivity index (χ3n) is 4.36. The van der Waals surface area contributed by atoms with Gasteiger partial charge in [-0.25, -0.2) is 17.9 Å². The van der Waals surface area contributed by atoms with Crippen molar-refractivity contribution >= 4 is 28.4 Å². The fourth-order valence-corrected chi connectivity index (χ4v) is 4.47. The number of nitrogens with one attached hydrogen (secondary N) is 2. The Morgan fingerprint density at radius 1 is 1.29 bits per heavy atom. The zero-order chi connectivity index (χ0) is 17.3. The minimum atomic E-state index is -3.86. The van der Waals surface area contributed by atoms with Gasteiger partial charge in [-0.15, -0.1) is 12.4 Å². The molecule has 0 bridgehead atoms. The Labute approximate surface area is 149 Å². The molecule has 138 valence electrons. The maximum atomic E-state index is 12.7. The third kappa shape index (κ3) is 4.30. The largest absolute Gasteiger partial charge is 0.465 e. The Hall–Kier alpha value is -1.09. The maximum absolute atomic E-state index is 12.7. The molecule has 0 spiro atoms. The number of rotatable bonds is 5. The highest BCUT2D eigenvalue weighted by Gasteiger charge is 2.34. The zero-order valence-corrected chi connectivity index (χ0v) is 16.0. The van der Waals surface area contributed by atoms with E-state index in [-0.39, 0.29) is 39.8 Å². The number of esters is 1. The molecule has 0 amide bonds. The second-order valence-electron chi connectivity index (χ2n) is 6.30. The lowest BCUT2D eigenvalue weighted by atomic mass is 9.81. The van der Waals surface area contributed by atoms with Crippen LogP contribution in [0.3, 0.4) is 0 Å². The minimum absolute atomic E-state index is 0. The molecule has 0 saturated carbocycles. The number of aryl methyl sites for hydroxylation is 2. The SMILES string of the molecule is COC(=O)c1c(C)oc(C)c1S(=O)(=O)NCC1(C)CCNCC1.Cl. The fraction of sp³-hybridized carbons (Fsp3) is 0.667. The van der Waals surface area contributed by atoms with Crippen molar-refractivity contribution in [3.8, 4) is 0 Å². The molecule has 1 saturated heterocycles. The molecular weight excluding hydrogens is 356 g/mol. The summed E-state index contributed by atoms with van der Waals surface area (Å²) in [6.45, 7) is 7.20. The number of ether oxygens (including phenoxy) is 1. The average Bonchev–Trinajstić information content (AvgIpc) is 2.81. The first kappa shape index (κ1) is 21.0. The first-order valence-electron chi connectivity index (χ1n) is 7.59. The van der Waals surface area contributed by atoms with Crippen molar-refractivity contribution in [1.29, 1.82) is 0 Å². The summed E-state index contributed by atoms with van der Waals surface area (Å²) < 4.78 is 38.1. The summed E-state index contributed by atoms with van der Waals surface area (Å²) in [7, 11) is -2.65. The first-order valence-corrected chi connectivity index (χ1v) is 9.07. The predicted octanol–water partition coefficient (Wildman–Crippen LogP) is 1.77. The molecule has 2 rings (SSSR count). The average molecular weight is 381 g/mol. The number of hydrogen-bond acceptors (Lipinski definition) is 6. The number of furan rings is 1. The molecular formula is C15H25ClN2O5S. The molecule has 1 aliphatic rings. The van der Waals surface area contributed by atoms with Crippen LogP contribution < -0.4 is 10.0 Å². The number of sulfonamides is 1. The van der Waals surface area contributed by atoms with Crippen LogP contribution in [0.4, 0.5) is 0 Å². The van der Waals surface area contributed by atoms with Crippen LogP contribution >= 0.6 is 12.4 Å². The quantitative estimate of drug-likeness (QED) is 0.755. The number of piperidine rings is 1. The number of hydrogen-bond donors (Lipinski definition) is 2. The van der Waals surface area contributed by atoms with Gasteiger partial charge in [-0.05, 0) is 45.2 Å². The van der Waals surface area contributed by atoms with Crippen LogP contribution in [-0.4, -0.2) is 41.1 Å².